The van der Waals surface area contributed by atoms with E-state index in [4.69, 9.17) is 23.2 Å². The van der Waals surface area contributed by atoms with E-state index in [1.54, 1.807) is 48.8 Å². The second kappa shape index (κ2) is 12.8. The summed E-state index contributed by atoms with van der Waals surface area (Å²) in [6.07, 6.45) is 7.24. The molecule has 1 aliphatic heterocycles. The average molecular weight is 570 g/mol. The van der Waals surface area contributed by atoms with Crippen LogP contribution in [0.25, 0.3) is 11.1 Å². The zero-order valence-corrected chi connectivity index (χ0v) is 22.2. The fourth-order valence-corrected chi connectivity index (χ4v) is 4.73. The zero-order chi connectivity index (χ0) is 27.9. The molecule has 39 heavy (non-hydrogen) atoms. The van der Waals surface area contributed by atoms with Crippen molar-refractivity contribution in [1.82, 2.24) is 15.6 Å². The van der Waals surface area contributed by atoms with Gasteiger partial charge in [-0.15, -0.1) is 0 Å². The Hall–Kier alpha value is -3.81. The van der Waals surface area contributed by atoms with Crippen LogP contribution in [0.15, 0.2) is 103 Å². The normalized spacial score (nSPS) is 16.5. The van der Waals surface area contributed by atoms with Crippen LogP contribution < -0.4 is 10.6 Å². The van der Waals surface area contributed by atoms with E-state index in [1.165, 1.54) is 24.3 Å². The van der Waals surface area contributed by atoms with Crippen LogP contribution in [0.1, 0.15) is 23.7 Å². The van der Waals surface area contributed by atoms with Crippen LogP contribution in [-0.2, 0) is 11.2 Å². The molecule has 200 valence electrons. The van der Waals surface area contributed by atoms with Crippen molar-refractivity contribution < 1.29 is 18.0 Å². The molecule has 0 spiro atoms. The number of nitrogens with zero attached hydrogens (tertiary/aromatic N) is 1. The minimum absolute atomic E-state index is 0.0341. The van der Waals surface area contributed by atoms with Crippen molar-refractivity contribution in [1.29, 1.82) is 0 Å². The van der Waals surface area contributed by atoms with Gasteiger partial charge < -0.3 is 10.6 Å². The summed E-state index contributed by atoms with van der Waals surface area (Å²) in [5, 5.41) is 6.76. The topological polar surface area (TPSA) is 54.0 Å². The largest absolute Gasteiger partial charge is 0.387 e. The first-order valence-corrected chi connectivity index (χ1v) is 12.8. The van der Waals surface area contributed by atoms with Gasteiger partial charge in [0, 0.05) is 46.2 Å². The van der Waals surface area contributed by atoms with Crippen LogP contribution in [0.4, 0.5) is 13.2 Å². The molecular weight excluding hydrogens is 546 g/mol. The maximum absolute atomic E-state index is 14.0. The van der Waals surface area contributed by atoms with Gasteiger partial charge >= 0.3 is 0 Å². The van der Waals surface area contributed by atoms with E-state index in [0.717, 1.165) is 6.07 Å². The molecule has 1 amide bonds. The van der Waals surface area contributed by atoms with Crippen LogP contribution in [0, 0.1) is 11.6 Å². The number of pyridine rings is 1. The Bertz CT molecular complexity index is 1480. The van der Waals surface area contributed by atoms with Crippen molar-refractivity contribution in [2.45, 2.75) is 18.9 Å². The molecule has 0 fully saturated rings. The molecule has 0 saturated carbocycles. The molecule has 0 saturated heterocycles. The molecule has 4 rings (SSSR count). The summed E-state index contributed by atoms with van der Waals surface area (Å²) in [5.74, 6) is -2.39. The third-order valence-electron chi connectivity index (χ3n) is 5.95. The molecule has 1 aromatic heterocycles. The number of amides is 1. The van der Waals surface area contributed by atoms with Crippen LogP contribution >= 0.6 is 23.2 Å². The summed E-state index contributed by atoms with van der Waals surface area (Å²) in [7, 11) is 0. The molecule has 0 aliphatic carbocycles. The summed E-state index contributed by atoms with van der Waals surface area (Å²) >= 11 is 12.6. The highest BCUT2D eigenvalue weighted by molar-refractivity contribution is 6.36. The summed E-state index contributed by atoms with van der Waals surface area (Å²) in [6, 6.07) is 10.9. The van der Waals surface area contributed by atoms with E-state index in [2.05, 4.69) is 22.2 Å². The number of carbonyl (C=O) groups is 1. The summed E-state index contributed by atoms with van der Waals surface area (Å²) in [6.45, 7) is 4.25. The predicted molar refractivity (Wildman–Crippen MR) is 149 cm³/mol. The Kier molecular flexibility index (Phi) is 9.28. The number of rotatable bonds is 7. The molecule has 2 aromatic carbocycles. The molecule has 2 N–H and O–H groups in total. The van der Waals surface area contributed by atoms with Gasteiger partial charge in [0.2, 0.25) is 5.91 Å². The van der Waals surface area contributed by atoms with Crippen molar-refractivity contribution in [3.05, 3.63) is 136 Å². The Morgan fingerprint density at radius 1 is 1.08 bits per heavy atom. The predicted octanol–water partition coefficient (Wildman–Crippen LogP) is 7.58. The Morgan fingerprint density at radius 2 is 1.85 bits per heavy atom. The van der Waals surface area contributed by atoms with E-state index in [-0.39, 0.29) is 12.8 Å². The minimum atomic E-state index is -0.797. The van der Waals surface area contributed by atoms with Crippen molar-refractivity contribution in [3.63, 3.8) is 0 Å². The molecule has 0 bridgehead atoms. The molecule has 1 aliphatic rings. The van der Waals surface area contributed by atoms with Gasteiger partial charge in [-0.2, -0.15) is 0 Å². The lowest BCUT2D eigenvalue weighted by Crippen LogP contribution is -2.31. The Morgan fingerprint density at radius 3 is 2.59 bits per heavy atom. The van der Waals surface area contributed by atoms with Gasteiger partial charge in [0.05, 0.1) is 18.2 Å². The van der Waals surface area contributed by atoms with Gasteiger partial charge in [0.1, 0.15) is 17.5 Å². The smallest absolute Gasteiger partial charge is 0.225 e. The Labute approximate surface area is 234 Å². The monoisotopic (exact) mass is 569 g/mol. The third-order valence-corrected chi connectivity index (χ3v) is 6.50. The van der Waals surface area contributed by atoms with E-state index in [0.29, 0.717) is 50.1 Å². The molecule has 4 nitrogen and oxygen atoms in total. The first-order valence-electron chi connectivity index (χ1n) is 12.0. The number of nitrogens with one attached hydrogen (secondary N) is 2. The molecule has 3 aromatic rings. The number of carbonyl (C=O) groups excluding carboxylic acids is 1. The number of allylic oxidation sites excluding steroid dienone is 4. The highest BCUT2D eigenvalue weighted by atomic mass is 35.5. The van der Waals surface area contributed by atoms with Gasteiger partial charge in [0.25, 0.3) is 0 Å². The van der Waals surface area contributed by atoms with Crippen LogP contribution in [0.2, 0.25) is 10.0 Å². The van der Waals surface area contributed by atoms with Crippen molar-refractivity contribution in [2.75, 3.05) is 6.54 Å². The third kappa shape index (κ3) is 7.62. The van der Waals surface area contributed by atoms with Crippen molar-refractivity contribution in [2.24, 2.45) is 0 Å². The lowest BCUT2D eigenvalue weighted by Gasteiger charge is -2.22. The quantitative estimate of drug-likeness (QED) is 0.308. The maximum atomic E-state index is 14.0. The Balaban J connectivity index is 1.69. The van der Waals surface area contributed by atoms with Gasteiger partial charge in [0.15, 0.2) is 0 Å². The lowest BCUT2D eigenvalue weighted by molar-refractivity contribution is -0.121. The standard InChI is InChI=1S/C30H24Cl2F3N3O/c1-18-10-22(33)4-2-8-36-17-20(18)14-29(39)38-28(13-19-11-23(34)16-24(35)12-19)30-26(5-3-9-37-30)25-7-6-21(31)15-27(25)32/h2-7,9-12,15-17,28,36H,1,8,13-14H2,(H,38,39)/b4-2-,20-17?,22-10+/t28-/m0/s1. The molecule has 0 radical (unpaired) electrons. The van der Waals surface area contributed by atoms with E-state index >= 15 is 0 Å². The summed E-state index contributed by atoms with van der Waals surface area (Å²) in [5.41, 5.74) is 2.81. The highest BCUT2D eigenvalue weighted by Gasteiger charge is 2.23. The van der Waals surface area contributed by atoms with Crippen LogP contribution in [0.3, 0.4) is 0 Å². The van der Waals surface area contributed by atoms with Crippen molar-refractivity contribution in [3.8, 4) is 11.1 Å². The molecule has 0 unspecified atom stereocenters. The summed E-state index contributed by atoms with van der Waals surface area (Å²) < 4.78 is 42.1. The fourth-order valence-electron chi connectivity index (χ4n) is 4.22. The second-order valence-electron chi connectivity index (χ2n) is 8.87. The number of aromatic nitrogens is 1. The zero-order valence-electron chi connectivity index (χ0n) is 20.7. The van der Waals surface area contributed by atoms with E-state index in [1.807, 2.05) is 0 Å². The van der Waals surface area contributed by atoms with E-state index in [9.17, 15) is 18.0 Å². The van der Waals surface area contributed by atoms with Gasteiger partial charge in [-0.1, -0.05) is 48.0 Å². The second-order valence-corrected chi connectivity index (χ2v) is 9.72. The fraction of sp³-hybridized carbons (Fsp3) is 0.133. The van der Waals surface area contributed by atoms with Crippen LogP contribution in [0.5, 0.6) is 0 Å². The number of halogens is 5. The lowest BCUT2D eigenvalue weighted by atomic mass is 9.95. The first kappa shape index (κ1) is 28.2. The number of hydrogen-bond acceptors (Lipinski definition) is 3. The summed E-state index contributed by atoms with van der Waals surface area (Å²) in [4.78, 5) is 17.8. The molecular formula is C30H24Cl2F3N3O. The van der Waals surface area contributed by atoms with Gasteiger partial charge in [-0.05, 0) is 65.6 Å². The molecule has 9 heteroatoms. The SMILES string of the molecule is C=C1/C=C(F)\C=C/CNC=C1CC(=O)N[C@@H](Cc1cc(F)cc(F)c1)c1ncccc1-c1ccc(Cl)cc1Cl. The minimum Gasteiger partial charge on any atom is -0.387 e. The number of hydrogen-bond donors (Lipinski definition) is 2. The van der Waals surface area contributed by atoms with Gasteiger partial charge in [-0.3, -0.25) is 9.78 Å². The number of benzene rings is 2. The molecule has 1 atom stereocenters. The average Bonchev–Trinajstić information content (AvgIpc) is 2.93. The van der Waals surface area contributed by atoms with Crippen LogP contribution in [-0.4, -0.2) is 17.4 Å². The molecule has 2 heterocycles. The van der Waals surface area contributed by atoms with Crippen molar-refractivity contribution >= 4 is 29.1 Å². The maximum Gasteiger partial charge on any atom is 0.225 e. The highest BCUT2D eigenvalue weighted by Crippen LogP contribution is 2.35. The van der Waals surface area contributed by atoms with E-state index < -0.39 is 29.4 Å². The van der Waals surface area contributed by atoms with Gasteiger partial charge in [-0.25, -0.2) is 13.2 Å². The first-order chi connectivity index (χ1) is 18.7.